The third-order valence-electron chi connectivity index (χ3n) is 11.8. The zero-order chi connectivity index (χ0) is 29.4. The second-order valence-corrected chi connectivity index (χ2v) is 13.7. The van der Waals surface area contributed by atoms with E-state index in [0.29, 0.717) is 28.2 Å². The third kappa shape index (κ3) is 6.65. The molecule has 1 aliphatic heterocycles. The van der Waals surface area contributed by atoms with Gasteiger partial charge in [-0.05, 0) is 134 Å². The van der Waals surface area contributed by atoms with Crippen molar-refractivity contribution in [1.29, 1.82) is 0 Å². The molecule has 0 bridgehead atoms. The first-order chi connectivity index (χ1) is 19.3. The lowest BCUT2D eigenvalue weighted by molar-refractivity contribution is 0.0525. The molecule has 5 fully saturated rings. The summed E-state index contributed by atoms with van der Waals surface area (Å²) >= 11 is 0. The standard InChI is InChI=1S/C32H53N3.C2H7N.C2H4.CH4/c1-6-9-25-14-19-32-28-13-12-27(30(28,5)18-15-29(32)31(25,32)17-7-2)24(4)34-21-8-20-33-22-16-26-11-10-23(3)35-26;1-3-2;1-2;/h6,9,23,26-29,33,35H,1,7-8,10-22H2,2-5H3;3H,1-2H3;1-2H2;1H4/b25-9-,34-24?;;;. The minimum atomic E-state index is 0. The first-order valence-corrected chi connectivity index (χ1v) is 16.7. The van der Waals surface area contributed by atoms with E-state index in [-0.39, 0.29) is 7.43 Å². The topological polar surface area (TPSA) is 48.5 Å². The predicted molar refractivity (Wildman–Crippen MR) is 183 cm³/mol. The average Bonchev–Trinajstić information content (AvgIpc) is 3.29. The number of aliphatic imine (C=N–C) groups is 1. The Morgan fingerprint density at radius 2 is 1.80 bits per heavy atom. The molecule has 0 aromatic heterocycles. The van der Waals surface area contributed by atoms with E-state index in [1.165, 1.54) is 82.8 Å². The van der Waals surface area contributed by atoms with Crippen molar-refractivity contribution in [2.24, 2.45) is 39.0 Å². The van der Waals surface area contributed by atoms with E-state index in [0.717, 1.165) is 37.5 Å². The molecule has 0 amide bonds. The minimum Gasteiger partial charge on any atom is -0.323 e. The van der Waals surface area contributed by atoms with E-state index in [9.17, 15) is 0 Å². The van der Waals surface area contributed by atoms with Crippen molar-refractivity contribution in [2.45, 2.75) is 124 Å². The third-order valence-corrected chi connectivity index (χ3v) is 11.8. The zero-order valence-electron chi connectivity index (χ0n) is 27.2. The molecule has 0 aromatic rings. The van der Waals surface area contributed by atoms with Gasteiger partial charge in [0.05, 0.1) is 0 Å². The van der Waals surface area contributed by atoms with Crippen LogP contribution in [-0.4, -0.2) is 51.5 Å². The minimum absolute atomic E-state index is 0. The first kappa shape index (κ1) is 36.0. The van der Waals surface area contributed by atoms with Gasteiger partial charge in [0.15, 0.2) is 0 Å². The quantitative estimate of drug-likeness (QED) is 0.133. The van der Waals surface area contributed by atoms with Gasteiger partial charge in [-0.25, -0.2) is 0 Å². The number of hydrogen-bond acceptors (Lipinski definition) is 4. The Labute approximate surface area is 255 Å². The zero-order valence-corrected chi connectivity index (χ0v) is 27.2. The number of rotatable bonds is 11. The van der Waals surface area contributed by atoms with Crippen molar-refractivity contribution in [3.05, 3.63) is 37.5 Å². The second-order valence-electron chi connectivity index (χ2n) is 13.7. The Balaban J connectivity index is 0.000000921. The van der Waals surface area contributed by atoms with Gasteiger partial charge < -0.3 is 16.0 Å². The van der Waals surface area contributed by atoms with Crippen molar-refractivity contribution in [1.82, 2.24) is 16.0 Å². The summed E-state index contributed by atoms with van der Waals surface area (Å²) < 4.78 is 0. The molecule has 236 valence electrons. The molecule has 8 atom stereocenters. The van der Waals surface area contributed by atoms with Gasteiger partial charge in [0.2, 0.25) is 0 Å². The Bertz CT molecular complexity index is 878. The molecule has 0 radical (unpaired) electrons. The summed E-state index contributed by atoms with van der Waals surface area (Å²) in [5.41, 5.74) is 4.83. The molecular weight excluding hydrogens is 500 g/mol. The monoisotopic (exact) mass is 569 g/mol. The Morgan fingerprint density at radius 3 is 2.44 bits per heavy atom. The molecule has 4 saturated carbocycles. The van der Waals surface area contributed by atoms with E-state index >= 15 is 0 Å². The van der Waals surface area contributed by atoms with Crippen LogP contribution in [0.15, 0.2) is 42.5 Å². The fourth-order valence-electron chi connectivity index (χ4n) is 10.6. The number of hydrogen-bond donors (Lipinski definition) is 3. The SMILES string of the molecule is C.C=C.C=C/C=C1/CCC23C4CCC(C(C)=NCCCNCCC5CCC(C)N5)C4(C)CCC2C13CCC.CNC. The van der Waals surface area contributed by atoms with Crippen LogP contribution < -0.4 is 16.0 Å². The number of nitrogens with zero attached hydrogens (tertiary/aromatic N) is 1. The van der Waals surface area contributed by atoms with Crippen molar-refractivity contribution in [3.63, 3.8) is 0 Å². The normalized spacial score (nSPS) is 39.3. The highest BCUT2D eigenvalue weighted by Gasteiger charge is 2.84. The lowest BCUT2D eigenvalue weighted by Gasteiger charge is -2.45. The van der Waals surface area contributed by atoms with Gasteiger partial charge in [-0.2, -0.15) is 0 Å². The summed E-state index contributed by atoms with van der Waals surface area (Å²) in [4.78, 5) is 5.19. The summed E-state index contributed by atoms with van der Waals surface area (Å²) in [6, 6.07) is 1.44. The molecule has 1 heterocycles. The molecule has 1 saturated heterocycles. The molecule has 1 spiro atoms. The highest BCUT2D eigenvalue weighted by atomic mass is 15.0. The van der Waals surface area contributed by atoms with Crippen LogP contribution in [0.3, 0.4) is 0 Å². The highest BCUT2D eigenvalue weighted by molar-refractivity contribution is 5.85. The molecule has 3 N–H and O–H groups in total. The fraction of sp³-hybridized carbons (Fsp3) is 0.811. The molecule has 41 heavy (non-hydrogen) atoms. The van der Waals surface area contributed by atoms with E-state index in [2.05, 4.69) is 75.5 Å². The van der Waals surface area contributed by atoms with Gasteiger partial charge in [0.1, 0.15) is 0 Å². The van der Waals surface area contributed by atoms with Crippen LogP contribution in [0.2, 0.25) is 0 Å². The van der Waals surface area contributed by atoms with Crippen molar-refractivity contribution < 1.29 is 0 Å². The van der Waals surface area contributed by atoms with Crippen LogP contribution in [0.5, 0.6) is 0 Å². The first-order valence-electron chi connectivity index (χ1n) is 16.7. The van der Waals surface area contributed by atoms with E-state index in [1.54, 1.807) is 5.57 Å². The maximum atomic E-state index is 5.19. The Kier molecular flexibility index (Phi) is 14.0. The molecule has 0 aromatic carbocycles. The highest BCUT2D eigenvalue weighted by Crippen LogP contribution is 2.90. The van der Waals surface area contributed by atoms with Gasteiger partial charge >= 0.3 is 0 Å². The molecule has 4 nitrogen and oxygen atoms in total. The van der Waals surface area contributed by atoms with Crippen molar-refractivity contribution in [3.8, 4) is 0 Å². The summed E-state index contributed by atoms with van der Waals surface area (Å²) in [5, 5.41) is 10.1. The van der Waals surface area contributed by atoms with E-state index in [4.69, 9.17) is 4.99 Å². The largest absolute Gasteiger partial charge is 0.323 e. The number of nitrogens with one attached hydrogen (secondary N) is 3. The van der Waals surface area contributed by atoms with Gasteiger partial charge in [-0.3, -0.25) is 4.99 Å². The van der Waals surface area contributed by atoms with Gasteiger partial charge in [-0.1, -0.05) is 52.0 Å². The summed E-state index contributed by atoms with van der Waals surface area (Å²) in [5.74, 6) is 2.57. The molecule has 4 aliphatic carbocycles. The average molecular weight is 569 g/mol. The molecule has 4 heteroatoms. The van der Waals surface area contributed by atoms with Crippen LogP contribution in [0.4, 0.5) is 0 Å². The van der Waals surface area contributed by atoms with Crippen LogP contribution >= 0.6 is 0 Å². The Morgan fingerprint density at radius 1 is 1.07 bits per heavy atom. The second kappa shape index (κ2) is 16.0. The maximum Gasteiger partial charge on any atom is 0.0400 e. The molecular formula is C37H68N4. The number of allylic oxidation sites excluding steroid dienone is 3. The van der Waals surface area contributed by atoms with Crippen LogP contribution in [-0.2, 0) is 0 Å². The van der Waals surface area contributed by atoms with Crippen LogP contribution in [0, 0.1) is 34.0 Å². The van der Waals surface area contributed by atoms with Crippen molar-refractivity contribution in [2.75, 3.05) is 33.7 Å². The smallest absolute Gasteiger partial charge is 0.0400 e. The van der Waals surface area contributed by atoms with E-state index in [1.807, 2.05) is 14.1 Å². The van der Waals surface area contributed by atoms with Gasteiger partial charge in [0, 0.05) is 35.7 Å². The predicted octanol–water partition coefficient (Wildman–Crippen LogP) is 8.37. The molecule has 5 aliphatic rings. The van der Waals surface area contributed by atoms with E-state index < -0.39 is 0 Å². The van der Waals surface area contributed by atoms with Crippen molar-refractivity contribution >= 4 is 5.71 Å². The number of fused-ring (bicyclic) bond motifs is 2. The lowest BCUT2D eigenvalue weighted by Crippen LogP contribution is -2.40. The summed E-state index contributed by atoms with van der Waals surface area (Å²) in [6.07, 6.45) is 20.8. The van der Waals surface area contributed by atoms with Gasteiger partial charge in [-0.15, -0.1) is 13.2 Å². The summed E-state index contributed by atoms with van der Waals surface area (Å²) in [7, 11) is 3.75. The van der Waals surface area contributed by atoms with Crippen LogP contribution in [0.25, 0.3) is 0 Å². The summed E-state index contributed by atoms with van der Waals surface area (Å²) in [6.45, 7) is 23.1. The maximum absolute atomic E-state index is 5.19. The fourth-order valence-corrected chi connectivity index (χ4v) is 10.6. The van der Waals surface area contributed by atoms with Gasteiger partial charge in [0.25, 0.3) is 0 Å². The lowest BCUT2D eigenvalue weighted by atomic mass is 9.59. The Hall–Kier alpha value is -1.23. The molecule has 8 unspecified atom stereocenters. The molecule has 5 rings (SSSR count). The van der Waals surface area contributed by atoms with Crippen LogP contribution in [0.1, 0.15) is 112 Å².